The fourth-order valence-corrected chi connectivity index (χ4v) is 5.85. The van der Waals surface area contributed by atoms with Crippen LogP contribution in [0.15, 0.2) is 53.3 Å². The van der Waals surface area contributed by atoms with Gasteiger partial charge in [-0.15, -0.1) is 0 Å². The molecule has 2 aliphatic heterocycles. The second kappa shape index (κ2) is 10.3. The first kappa shape index (κ1) is 25.7. The predicted octanol–water partition coefficient (Wildman–Crippen LogP) is 4.56. The van der Waals surface area contributed by atoms with Gasteiger partial charge in [-0.1, -0.05) is 23.4 Å². The third-order valence-electron chi connectivity index (χ3n) is 8.17. The molecule has 0 unspecified atom stereocenters. The summed E-state index contributed by atoms with van der Waals surface area (Å²) in [6.45, 7) is 1.32. The molecule has 3 aliphatic rings. The average molecular weight is 559 g/mol. The van der Waals surface area contributed by atoms with E-state index < -0.39 is 17.7 Å². The molecule has 9 nitrogen and oxygen atoms in total. The number of amides is 1. The summed E-state index contributed by atoms with van der Waals surface area (Å²) in [5.41, 5.74) is 1.54. The summed E-state index contributed by atoms with van der Waals surface area (Å²) in [6, 6.07) is 7.42. The number of hydrogen-bond acceptors (Lipinski definition) is 8. The van der Waals surface area contributed by atoms with Gasteiger partial charge in [0.15, 0.2) is 5.82 Å². The molecule has 7 rings (SSSR count). The maximum atomic E-state index is 15.3. The van der Waals surface area contributed by atoms with Crippen molar-refractivity contribution in [3.05, 3.63) is 72.2 Å². The topological polar surface area (TPSA) is 108 Å². The number of piperidine rings is 1. The molecule has 2 fully saturated rings. The lowest BCUT2D eigenvalue weighted by Crippen LogP contribution is -2.34. The molecule has 1 aliphatic carbocycles. The zero-order valence-electron chi connectivity index (χ0n) is 22.2. The van der Waals surface area contributed by atoms with Crippen LogP contribution in [0.3, 0.4) is 0 Å². The summed E-state index contributed by atoms with van der Waals surface area (Å²) in [5.74, 6) is 1.21. The lowest BCUT2D eigenvalue weighted by atomic mass is 9.95. The van der Waals surface area contributed by atoms with Gasteiger partial charge in [-0.3, -0.25) is 4.79 Å². The second-order valence-electron chi connectivity index (χ2n) is 10.9. The Kier molecular flexibility index (Phi) is 6.45. The third-order valence-corrected chi connectivity index (χ3v) is 8.17. The molecule has 1 amide bonds. The molecular weight excluding hydrogens is 530 g/mol. The number of nitrogens with zero attached hydrogens (tertiary/aromatic N) is 6. The van der Waals surface area contributed by atoms with Gasteiger partial charge in [-0.05, 0) is 55.0 Å². The van der Waals surface area contributed by atoms with E-state index in [4.69, 9.17) is 4.52 Å². The molecule has 1 atom stereocenters. The summed E-state index contributed by atoms with van der Waals surface area (Å²) in [5, 5.41) is 14.3. The van der Waals surface area contributed by atoms with E-state index in [2.05, 4.69) is 32.3 Å². The van der Waals surface area contributed by atoms with Crippen molar-refractivity contribution in [3.8, 4) is 11.1 Å². The van der Waals surface area contributed by atoms with Gasteiger partial charge in [0.25, 0.3) is 0 Å². The van der Waals surface area contributed by atoms with E-state index in [1.807, 2.05) is 4.90 Å². The number of aliphatic hydroxyl groups excluding tert-OH is 1. The number of benzene rings is 2. The molecule has 0 radical (unpaired) electrons. The van der Waals surface area contributed by atoms with Gasteiger partial charge in [-0.25, -0.2) is 18.7 Å². The molecule has 11 heteroatoms. The normalized spacial score (nSPS) is 19.6. The van der Waals surface area contributed by atoms with Crippen LogP contribution in [0, 0.1) is 17.6 Å². The van der Waals surface area contributed by atoms with E-state index in [-0.39, 0.29) is 35.9 Å². The third kappa shape index (κ3) is 4.94. The zero-order chi connectivity index (χ0) is 28.1. The molecule has 2 aromatic heterocycles. The van der Waals surface area contributed by atoms with Gasteiger partial charge in [0.05, 0.1) is 35.7 Å². The van der Waals surface area contributed by atoms with E-state index in [9.17, 15) is 9.90 Å². The van der Waals surface area contributed by atoms with E-state index in [1.165, 1.54) is 29.4 Å². The number of aromatic nitrogens is 4. The van der Waals surface area contributed by atoms with Gasteiger partial charge in [0, 0.05) is 31.0 Å². The quantitative estimate of drug-likeness (QED) is 0.329. The fourth-order valence-electron chi connectivity index (χ4n) is 5.85. The molecule has 0 bridgehead atoms. The molecule has 1 N–H and O–H groups in total. The average Bonchev–Trinajstić information content (AvgIpc) is 3.58. The molecule has 2 aromatic carbocycles. The van der Waals surface area contributed by atoms with Crippen LogP contribution in [-0.2, 0) is 11.2 Å². The lowest BCUT2D eigenvalue weighted by molar-refractivity contribution is -0.117. The van der Waals surface area contributed by atoms with Crippen LogP contribution in [0.1, 0.15) is 43.3 Å². The van der Waals surface area contributed by atoms with Crippen molar-refractivity contribution in [1.29, 1.82) is 0 Å². The minimum absolute atomic E-state index is 0.0326. The Bertz CT molecular complexity index is 1660. The molecule has 210 valence electrons. The molecule has 0 saturated carbocycles. The Morgan fingerprint density at radius 1 is 1.05 bits per heavy atom. The SMILES string of the molecule is O=C1C[C@H](O)CN1c1ccc(-c2ccc(F)c3c(N4CCC(c5noc(CCC6C=C6)n5)CC4)ncnc23)cc1F. The number of anilines is 2. The number of halogens is 2. The van der Waals surface area contributed by atoms with Crippen molar-refractivity contribution in [2.75, 3.05) is 29.4 Å². The molecule has 41 heavy (non-hydrogen) atoms. The first-order valence-corrected chi connectivity index (χ1v) is 13.9. The molecular formula is C30H28F2N6O3. The van der Waals surface area contributed by atoms with Crippen molar-refractivity contribution in [1.82, 2.24) is 20.1 Å². The summed E-state index contributed by atoms with van der Waals surface area (Å²) < 4.78 is 36.0. The van der Waals surface area contributed by atoms with E-state index in [0.717, 1.165) is 31.5 Å². The molecule has 4 aromatic rings. The highest BCUT2D eigenvalue weighted by molar-refractivity contribution is 6.00. The standard InChI is InChI=1S/C30H28F2N6O3/c31-22-6-5-21(19-4-7-24(23(32)13-19)38-15-20(39)14-26(38)40)28-27(22)30(34-16-33-28)37-11-9-18(10-12-37)29-35-25(41-36-29)8-3-17-1-2-17/h1-2,4-7,13,16-18,20,39H,3,8-12,14-15H2/t20-/m0/s1. The highest BCUT2D eigenvalue weighted by Gasteiger charge is 2.31. The van der Waals surface area contributed by atoms with E-state index in [1.54, 1.807) is 12.1 Å². The number of rotatable bonds is 7. The van der Waals surface area contributed by atoms with Gasteiger partial charge in [0.2, 0.25) is 11.8 Å². The Labute approximate surface area is 234 Å². The lowest BCUT2D eigenvalue weighted by Gasteiger charge is -2.32. The number of carbonyl (C=O) groups excluding carboxylic acids is 1. The fraction of sp³-hybridized carbons (Fsp3) is 0.367. The Morgan fingerprint density at radius 2 is 1.88 bits per heavy atom. The number of fused-ring (bicyclic) bond motifs is 1. The summed E-state index contributed by atoms with van der Waals surface area (Å²) in [7, 11) is 0. The number of aryl methyl sites for hydroxylation is 1. The number of carbonyl (C=O) groups is 1. The van der Waals surface area contributed by atoms with Gasteiger partial charge < -0.3 is 19.4 Å². The van der Waals surface area contributed by atoms with Crippen LogP contribution in [-0.4, -0.2) is 56.9 Å². The summed E-state index contributed by atoms with van der Waals surface area (Å²) in [6.07, 6.45) is 8.18. The maximum Gasteiger partial charge on any atom is 0.229 e. The second-order valence-corrected chi connectivity index (χ2v) is 10.9. The molecule has 2 saturated heterocycles. The first-order valence-electron chi connectivity index (χ1n) is 13.9. The minimum atomic E-state index is -0.817. The highest BCUT2D eigenvalue weighted by atomic mass is 19.1. The summed E-state index contributed by atoms with van der Waals surface area (Å²) >= 11 is 0. The van der Waals surface area contributed by atoms with Crippen LogP contribution >= 0.6 is 0 Å². The Morgan fingerprint density at radius 3 is 2.61 bits per heavy atom. The van der Waals surface area contributed by atoms with Crippen molar-refractivity contribution < 1.29 is 23.2 Å². The first-order chi connectivity index (χ1) is 19.9. The number of aliphatic hydroxyl groups is 1. The van der Waals surface area contributed by atoms with Crippen molar-refractivity contribution >= 4 is 28.3 Å². The predicted molar refractivity (Wildman–Crippen MR) is 147 cm³/mol. The monoisotopic (exact) mass is 558 g/mol. The summed E-state index contributed by atoms with van der Waals surface area (Å²) in [4.78, 5) is 28.9. The number of allylic oxidation sites excluding steroid dienone is 2. The van der Waals surface area contributed by atoms with E-state index >= 15 is 8.78 Å². The Balaban J connectivity index is 1.12. The van der Waals surface area contributed by atoms with Crippen molar-refractivity contribution in [2.24, 2.45) is 5.92 Å². The molecule has 4 heterocycles. The number of β-amino-alcohol motifs (C(OH)–C–C–N with tert-alkyl or cyclic N) is 1. The van der Waals surface area contributed by atoms with Gasteiger partial charge >= 0.3 is 0 Å². The zero-order valence-corrected chi connectivity index (χ0v) is 22.2. The minimum Gasteiger partial charge on any atom is -0.391 e. The molecule has 0 spiro atoms. The van der Waals surface area contributed by atoms with Crippen LogP contribution in [0.5, 0.6) is 0 Å². The highest BCUT2D eigenvalue weighted by Crippen LogP contribution is 2.37. The van der Waals surface area contributed by atoms with Crippen LogP contribution in [0.2, 0.25) is 0 Å². The smallest absolute Gasteiger partial charge is 0.229 e. The maximum absolute atomic E-state index is 15.3. The van der Waals surface area contributed by atoms with Gasteiger partial charge in [-0.2, -0.15) is 4.98 Å². The van der Waals surface area contributed by atoms with Crippen LogP contribution < -0.4 is 9.80 Å². The van der Waals surface area contributed by atoms with Crippen LogP contribution in [0.25, 0.3) is 22.0 Å². The largest absolute Gasteiger partial charge is 0.391 e. The van der Waals surface area contributed by atoms with Crippen molar-refractivity contribution in [2.45, 2.75) is 44.1 Å². The van der Waals surface area contributed by atoms with E-state index in [0.29, 0.717) is 47.4 Å². The number of hydrogen-bond donors (Lipinski definition) is 1. The Hall–Kier alpha value is -4.25. The van der Waals surface area contributed by atoms with Crippen molar-refractivity contribution in [3.63, 3.8) is 0 Å². The van der Waals surface area contributed by atoms with Crippen LogP contribution in [0.4, 0.5) is 20.3 Å². The van der Waals surface area contributed by atoms with Gasteiger partial charge in [0.1, 0.15) is 23.8 Å².